The van der Waals surface area contributed by atoms with E-state index in [2.05, 4.69) is 34.6 Å². The fourth-order valence-electron chi connectivity index (χ4n) is 3.36. The van der Waals surface area contributed by atoms with E-state index in [9.17, 15) is 0 Å². The van der Waals surface area contributed by atoms with E-state index < -0.39 is 8.67 Å². The summed E-state index contributed by atoms with van der Waals surface area (Å²) in [5.41, 5.74) is 0.595. The second kappa shape index (κ2) is 6.53. The predicted octanol–water partition coefficient (Wildman–Crippen LogP) is 4.79. The molecule has 0 N–H and O–H groups in total. The van der Waals surface area contributed by atoms with E-state index in [4.69, 9.17) is 9.31 Å². The number of hydrogen-bond acceptors (Lipinski definition) is 2. The smallest absolute Gasteiger partial charge is 0.406 e. The molecular formula is C16H32BO2Si. The Hall–Kier alpha value is 0.202. The maximum absolute atomic E-state index is 6.40. The van der Waals surface area contributed by atoms with Crippen LogP contribution in [-0.2, 0) is 9.31 Å². The van der Waals surface area contributed by atoms with E-state index in [1.807, 2.05) is 0 Å². The molecule has 2 fully saturated rings. The second-order valence-electron chi connectivity index (χ2n) is 7.60. The average Bonchev–Trinajstić information content (AvgIpc) is 2.60. The molecule has 20 heavy (non-hydrogen) atoms. The van der Waals surface area contributed by atoms with Crippen molar-refractivity contribution >= 4 is 15.4 Å². The Morgan fingerprint density at radius 2 is 1.55 bits per heavy atom. The summed E-state index contributed by atoms with van der Waals surface area (Å²) >= 11 is 0. The number of rotatable bonds is 5. The SMILES string of the molecule is CCCC[Si](B1OC(C)(C)C(C)(C)O1)C1CCCCC1. The summed E-state index contributed by atoms with van der Waals surface area (Å²) in [6.07, 6.45) is 9.75. The van der Waals surface area contributed by atoms with Crippen LogP contribution in [0.15, 0.2) is 0 Å². The maximum Gasteiger partial charge on any atom is 0.430 e. The standard InChI is InChI=1S/C16H32BO2Si/c1-6-7-13-20(14-11-9-8-10-12-14)17-18-15(2,3)16(4,5)19-17/h14H,6-13H2,1-5H3. The molecule has 1 aliphatic heterocycles. The van der Waals surface area contributed by atoms with Gasteiger partial charge in [-0.2, -0.15) is 0 Å². The summed E-state index contributed by atoms with van der Waals surface area (Å²) in [7, 11) is -0.571. The quantitative estimate of drug-likeness (QED) is 0.679. The van der Waals surface area contributed by atoms with Gasteiger partial charge in [0.2, 0.25) is 0 Å². The molecule has 1 aliphatic carbocycles. The van der Waals surface area contributed by atoms with Crippen LogP contribution in [0.4, 0.5) is 0 Å². The Bertz CT molecular complexity index is 298. The lowest BCUT2D eigenvalue weighted by molar-refractivity contribution is 0.00578. The molecule has 0 unspecified atom stereocenters. The largest absolute Gasteiger partial charge is 0.430 e. The van der Waals surface area contributed by atoms with Crippen LogP contribution in [0, 0.1) is 0 Å². The summed E-state index contributed by atoms with van der Waals surface area (Å²) in [5.74, 6) is 0. The highest BCUT2D eigenvalue weighted by Crippen LogP contribution is 2.42. The fraction of sp³-hybridized carbons (Fsp3) is 1.00. The van der Waals surface area contributed by atoms with Crippen molar-refractivity contribution < 1.29 is 9.31 Å². The van der Waals surface area contributed by atoms with E-state index in [1.54, 1.807) is 0 Å². The number of unbranched alkanes of at least 4 members (excludes halogenated alkanes) is 1. The average molecular weight is 295 g/mol. The van der Waals surface area contributed by atoms with Crippen molar-refractivity contribution in [2.45, 2.75) is 102 Å². The fourth-order valence-corrected chi connectivity index (χ4v) is 7.20. The van der Waals surface area contributed by atoms with Crippen LogP contribution < -0.4 is 0 Å². The molecule has 4 heteroatoms. The van der Waals surface area contributed by atoms with Crippen LogP contribution >= 0.6 is 0 Å². The summed E-state index contributed by atoms with van der Waals surface area (Å²) in [6.45, 7) is 11.2. The van der Waals surface area contributed by atoms with Crippen molar-refractivity contribution in [3.8, 4) is 0 Å². The maximum atomic E-state index is 6.40. The van der Waals surface area contributed by atoms with Crippen LogP contribution in [0.5, 0.6) is 0 Å². The first-order valence-corrected chi connectivity index (χ1v) is 10.4. The first-order valence-electron chi connectivity index (χ1n) is 8.58. The second-order valence-corrected chi connectivity index (χ2v) is 10.5. The lowest BCUT2D eigenvalue weighted by atomic mass is 9.90. The molecule has 0 bridgehead atoms. The van der Waals surface area contributed by atoms with Crippen LogP contribution in [0.25, 0.3) is 0 Å². The molecule has 0 aromatic carbocycles. The van der Waals surface area contributed by atoms with E-state index in [0.717, 1.165) is 5.54 Å². The minimum atomic E-state index is -0.571. The van der Waals surface area contributed by atoms with Gasteiger partial charge in [-0.25, -0.2) is 0 Å². The predicted molar refractivity (Wildman–Crippen MR) is 88.4 cm³/mol. The Morgan fingerprint density at radius 3 is 2.05 bits per heavy atom. The van der Waals surface area contributed by atoms with Crippen molar-refractivity contribution in [3.05, 3.63) is 0 Å². The zero-order valence-corrected chi connectivity index (χ0v) is 15.1. The zero-order chi connectivity index (χ0) is 14.8. The first-order chi connectivity index (χ1) is 9.37. The van der Waals surface area contributed by atoms with E-state index in [-0.39, 0.29) is 17.9 Å². The molecule has 0 atom stereocenters. The van der Waals surface area contributed by atoms with Crippen molar-refractivity contribution in [1.82, 2.24) is 0 Å². The Morgan fingerprint density at radius 1 is 1.00 bits per heavy atom. The Balaban J connectivity index is 2.07. The molecule has 2 nitrogen and oxygen atoms in total. The van der Waals surface area contributed by atoms with E-state index >= 15 is 0 Å². The van der Waals surface area contributed by atoms with Crippen LogP contribution in [0.1, 0.15) is 79.6 Å². The third-order valence-corrected chi connectivity index (χ3v) is 8.90. The Kier molecular flexibility index (Phi) is 5.41. The van der Waals surface area contributed by atoms with Gasteiger partial charge >= 0.3 is 6.71 Å². The molecule has 0 aromatic rings. The monoisotopic (exact) mass is 295 g/mol. The topological polar surface area (TPSA) is 18.5 Å². The zero-order valence-electron chi connectivity index (χ0n) is 14.1. The van der Waals surface area contributed by atoms with Gasteiger partial charge in [-0.15, -0.1) is 0 Å². The van der Waals surface area contributed by atoms with Crippen molar-refractivity contribution in [1.29, 1.82) is 0 Å². The number of hydrogen-bond donors (Lipinski definition) is 0. The highest BCUT2D eigenvalue weighted by molar-refractivity contribution is 7.17. The van der Waals surface area contributed by atoms with Gasteiger partial charge in [0.1, 0.15) is 0 Å². The third kappa shape index (κ3) is 3.50. The van der Waals surface area contributed by atoms with Gasteiger partial charge in [0.25, 0.3) is 0 Å². The van der Waals surface area contributed by atoms with Crippen LogP contribution in [-0.4, -0.2) is 26.6 Å². The highest BCUT2D eigenvalue weighted by Gasteiger charge is 2.54. The lowest BCUT2D eigenvalue weighted by Gasteiger charge is -2.32. The summed E-state index contributed by atoms with van der Waals surface area (Å²) in [5, 5.41) is 0. The molecule has 1 saturated carbocycles. The molecule has 1 radical (unpaired) electrons. The van der Waals surface area contributed by atoms with Crippen LogP contribution in [0.2, 0.25) is 11.6 Å². The molecule has 0 spiro atoms. The van der Waals surface area contributed by atoms with Crippen molar-refractivity contribution in [2.75, 3.05) is 0 Å². The minimum Gasteiger partial charge on any atom is -0.406 e. The highest BCUT2D eigenvalue weighted by atomic mass is 28.3. The van der Waals surface area contributed by atoms with Crippen LogP contribution in [0.3, 0.4) is 0 Å². The third-order valence-electron chi connectivity index (χ3n) is 5.50. The molecule has 2 rings (SSSR count). The summed E-state index contributed by atoms with van der Waals surface area (Å²) in [4.78, 5) is 0. The summed E-state index contributed by atoms with van der Waals surface area (Å²) < 4.78 is 12.8. The molecule has 2 aliphatic rings. The van der Waals surface area contributed by atoms with Gasteiger partial charge in [0, 0.05) is 0 Å². The van der Waals surface area contributed by atoms with Crippen molar-refractivity contribution in [2.24, 2.45) is 0 Å². The summed E-state index contributed by atoms with van der Waals surface area (Å²) in [6, 6.07) is 1.36. The molecule has 0 amide bonds. The van der Waals surface area contributed by atoms with Gasteiger partial charge < -0.3 is 9.31 Å². The first kappa shape index (κ1) is 16.6. The van der Waals surface area contributed by atoms with Crippen molar-refractivity contribution in [3.63, 3.8) is 0 Å². The van der Waals surface area contributed by atoms with Gasteiger partial charge in [0.15, 0.2) is 0 Å². The molecular weight excluding hydrogens is 263 g/mol. The van der Waals surface area contributed by atoms with Gasteiger partial charge in [0.05, 0.1) is 19.9 Å². The molecule has 115 valence electrons. The lowest BCUT2D eigenvalue weighted by Crippen LogP contribution is -2.43. The van der Waals surface area contributed by atoms with Gasteiger partial charge in [-0.05, 0) is 33.2 Å². The minimum absolute atomic E-state index is 0.111. The van der Waals surface area contributed by atoms with E-state index in [0.29, 0.717) is 0 Å². The van der Waals surface area contributed by atoms with Gasteiger partial charge in [-0.1, -0.05) is 57.9 Å². The van der Waals surface area contributed by atoms with Gasteiger partial charge in [-0.3, -0.25) is 0 Å². The molecule has 1 saturated heterocycles. The Labute approximate surface area is 127 Å². The normalized spacial score (nSPS) is 26.4. The molecule has 1 heterocycles. The molecule has 0 aromatic heterocycles. The van der Waals surface area contributed by atoms with E-state index in [1.165, 1.54) is 51.0 Å².